The molecule has 3 aliphatic heterocycles. The van der Waals surface area contributed by atoms with Gasteiger partial charge in [-0.25, -0.2) is 0 Å². The van der Waals surface area contributed by atoms with Crippen molar-refractivity contribution < 1.29 is 5.11 Å². The minimum atomic E-state index is -0.0732. The number of piperazine rings is 1. The quantitative estimate of drug-likeness (QED) is 0.173. The number of thiophene rings is 1. The molecule has 10 rings (SSSR count). The molecule has 5 heterocycles. The van der Waals surface area contributed by atoms with Crippen LogP contribution in [0.3, 0.4) is 0 Å². The van der Waals surface area contributed by atoms with E-state index >= 15 is 0 Å². The first-order chi connectivity index (χ1) is 28.8. The summed E-state index contributed by atoms with van der Waals surface area (Å²) in [6, 6.07) is 35.5. The van der Waals surface area contributed by atoms with Gasteiger partial charge in [-0.2, -0.15) is 0 Å². The van der Waals surface area contributed by atoms with E-state index in [2.05, 4.69) is 135 Å². The maximum absolute atomic E-state index is 10.3. The van der Waals surface area contributed by atoms with E-state index < -0.39 is 0 Å². The zero-order valence-electron chi connectivity index (χ0n) is 34.8. The number of fused-ring (bicyclic) bond motifs is 4. The number of phenols is 1. The number of piperidine rings is 1. The summed E-state index contributed by atoms with van der Waals surface area (Å²) in [4.78, 5) is 14.4. The summed E-state index contributed by atoms with van der Waals surface area (Å²) in [7, 11) is 0. The van der Waals surface area contributed by atoms with Gasteiger partial charge in [0.15, 0.2) is 5.82 Å². The number of hydrogen-bond donors (Lipinski definition) is 1. The molecule has 0 spiro atoms. The molecule has 2 fully saturated rings. The van der Waals surface area contributed by atoms with E-state index in [-0.39, 0.29) is 12.0 Å². The van der Waals surface area contributed by atoms with Crippen molar-refractivity contribution in [2.24, 2.45) is 10.9 Å². The minimum Gasteiger partial charge on any atom is -0.508 e. The summed E-state index contributed by atoms with van der Waals surface area (Å²) in [5, 5.41) is 20.4. The van der Waals surface area contributed by atoms with Crippen molar-refractivity contribution in [2.75, 3.05) is 55.6 Å². The predicted molar refractivity (Wildman–Crippen MR) is 241 cm³/mol. The van der Waals surface area contributed by atoms with Gasteiger partial charge in [-0.1, -0.05) is 60.7 Å². The average molecular weight is 802 g/mol. The smallest absolute Gasteiger partial charge is 0.162 e. The third-order valence-electron chi connectivity index (χ3n) is 13.8. The lowest BCUT2D eigenvalue weighted by atomic mass is 9.69. The molecule has 6 aromatic rings. The molecule has 302 valence electrons. The summed E-state index contributed by atoms with van der Waals surface area (Å²) >= 11 is 1.81. The highest BCUT2D eigenvalue weighted by Gasteiger charge is 2.33. The van der Waals surface area contributed by atoms with Gasteiger partial charge in [-0.3, -0.25) is 14.5 Å². The number of hydrogen-bond acceptors (Lipinski definition) is 8. The van der Waals surface area contributed by atoms with Gasteiger partial charge in [0.25, 0.3) is 0 Å². The molecule has 4 aromatic carbocycles. The van der Waals surface area contributed by atoms with Crippen molar-refractivity contribution >= 4 is 28.4 Å². The highest BCUT2D eigenvalue weighted by Crippen LogP contribution is 2.47. The van der Waals surface area contributed by atoms with Crippen LogP contribution < -0.4 is 9.80 Å². The van der Waals surface area contributed by atoms with E-state index in [4.69, 9.17) is 4.99 Å². The second-order valence-corrected chi connectivity index (χ2v) is 18.5. The molecule has 4 aliphatic rings. The van der Waals surface area contributed by atoms with Crippen LogP contribution in [0.25, 0.3) is 5.00 Å². The standard InChI is InChI=1S/C50H55N7OS/c1-32-34(3)59-50-46(32)48(51-33(2)49-53-52-35(4)57(49)50)39-12-17-41(18-13-39)55-24-22-36(23-25-55)31-54-26-28-56(29-27-54)42-15-10-38(11-16-42)47-44(37-8-6-5-7-9-37)20-14-40-30-43(58)19-21-45(40)47/h5-13,15-19,21,30,33,36,44,47,58H,14,20,22-29,31H2,1-4H3/t33-,44-,47+/m0/s1. The topological polar surface area (TPSA) is 73.0 Å². The van der Waals surface area contributed by atoms with Crippen LogP contribution in [0.15, 0.2) is 102 Å². The number of aromatic hydroxyl groups is 1. The van der Waals surface area contributed by atoms with Crippen LogP contribution in [0.1, 0.15) is 99.5 Å². The first kappa shape index (κ1) is 38.0. The maximum Gasteiger partial charge on any atom is 0.162 e. The lowest BCUT2D eigenvalue weighted by Crippen LogP contribution is -2.49. The number of rotatable bonds is 7. The number of nitrogens with zero attached hydrogens (tertiary/aromatic N) is 7. The van der Waals surface area contributed by atoms with Crippen molar-refractivity contribution in [1.29, 1.82) is 0 Å². The van der Waals surface area contributed by atoms with Gasteiger partial charge in [0.1, 0.15) is 22.6 Å². The third kappa shape index (κ3) is 7.16. The Morgan fingerprint density at radius 1 is 0.729 bits per heavy atom. The molecule has 0 bridgehead atoms. The Bertz CT molecular complexity index is 2470. The fourth-order valence-corrected chi connectivity index (χ4v) is 11.6. The molecule has 9 heteroatoms. The zero-order chi connectivity index (χ0) is 40.2. The average Bonchev–Trinajstić information content (AvgIpc) is 3.76. The molecule has 2 aromatic heterocycles. The molecule has 59 heavy (non-hydrogen) atoms. The number of aromatic nitrogens is 3. The van der Waals surface area contributed by atoms with Crippen LogP contribution in [-0.4, -0.2) is 76.3 Å². The number of phenolic OH excluding ortho intramolecular Hbond substituents is 1. The predicted octanol–water partition coefficient (Wildman–Crippen LogP) is 9.77. The first-order valence-electron chi connectivity index (χ1n) is 21.7. The minimum absolute atomic E-state index is 0.0732. The van der Waals surface area contributed by atoms with Crippen LogP contribution >= 0.6 is 11.3 Å². The fraction of sp³-hybridized carbons (Fsp3) is 0.380. The normalized spacial score (nSPS) is 21.1. The third-order valence-corrected chi connectivity index (χ3v) is 15.0. The molecular weight excluding hydrogens is 747 g/mol. The monoisotopic (exact) mass is 801 g/mol. The fourth-order valence-electron chi connectivity index (χ4n) is 10.4. The van der Waals surface area contributed by atoms with E-state index in [1.54, 1.807) is 0 Å². The van der Waals surface area contributed by atoms with Gasteiger partial charge in [0.05, 0.1) is 5.71 Å². The molecule has 8 nitrogen and oxygen atoms in total. The highest BCUT2D eigenvalue weighted by molar-refractivity contribution is 7.15. The Morgan fingerprint density at radius 3 is 2.15 bits per heavy atom. The van der Waals surface area contributed by atoms with E-state index in [1.807, 2.05) is 30.4 Å². The SMILES string of the molecule is Cc1sc2c(c1C)C(c1ccc(N3CCC(CN4CCN(c5ccc([C@H]6c7ccc(O)cc7CC[C@H]6c6ccccc6)cc5)CC4)CC3)cc1)=N[C@@H](C)c1nnc(C)n1-2. The zero-order valence-corrected chi connectivity index (χ0v) is 35.6. The Morgan fingerprint density at radius 2 is 1.42 bits per heavy atom. The number of benzene rings is 4. The lowest BCUT2D eigenvalue weighted by Gasteiger charge is -2.40. The van der Waals surface area contributed by atoms with Gasteiger partial charge in [-0.05, 0) is 129 Å². The van der Waals surface area contributed by atoms with Crippen molar-refractivity contribution in [3.05, 3.63) is 153 Å². The summed E-state index contributed by atoms with van der Waals surface area (Å²) in [6.45, 7) is 16.4. The largest absolute Gasteiger partial charge is 0.508 e. The summed E-state index contributed by atoms with van der Waals surface area (Å²) in [5.74, 6) is 3.63. The molecule has 0 amide bonds. The van der Waals surface area contributed by atoms with Crippen LogP contribution in [-0.2, 0) is 6.42 Å². The highest BCUT2D eigenvalue weighted by atomic mass is 32.1. The molecule has 0 radical (unpaired) electrons. The molecule has 1 N–H and O–H groups in total. The van der Waals surface area contributed by atoms with Crippen molar-refractivity contribution in [3.8, 4) is 10.8 Å². The van der Waals surface area contributed by atoms with Crippen molar-refractivity contribution in [2.45, 2.75) is 71.3 Å². The lowest BCUT2D eigenvalue weighted by molar-refractivity contribution is 0.201. The van der Waals surface area contributed by atoms with Crippen molar-refractivity contribution in [3.63, 3.8) is 0 Å². The molecule has 2 saturated heterocycles. The van der Waals surface area contributed by atoms with E-state index in [0.29, 0.717) is 11.7 Å². The Hall–Kier alpha value is -5.25. The van der Waals surface area contributed by atoms with Gasteiger partial charge in [0.2, 0.25) is 0 Å². The number of aryl methyl sites for hydroxylation is 3. The number of aliphatic imine (C=N–C) groups is 1. The Labute approximate surface area is 352 Å². The molecule has 1 aliphatic carbocycles. The maximum atomic E-state index is 10.3. The van der Waals surface area contributed by atoms with Gasteiger partial charge in [0, 0.05) is 79.1 Å². The second-order valence-electron chi connectivity index (χ2n) is 17.3. The first-order valence-corrected chi connectivity index (χ1v) is 22.5. The summed E-state index contributed by atoms with van der Waals surface area (Å²) < 4.78 is 2.21. The summed E-state index contributed by atoms with van der Waals surface area (Å²) in [6.07, 6.45) is 4.55. The van der Waals surface area contributed by atoms with E-state index in [9.17, 15) is 5.11 Å². The van der Waals surface area contributed by atoms with E-state index in [0.717, 1.165) is 81.0 Å². The molecule has 0 unspecified atom stereocenters. The van der Waals surface area contributed by atoms with E-state index in [1.165, 1.54) is 74.0 Å². The Balaban J connectivity index is 0.747. The van der Waals surface area contributed by atoms with Crippen molar-refractivity contribution in [1.82, 2.24) is 19.7 Å². The molecule has 0 saturated carbocycles. The van der Waals surface area contributed by atoms with Crippen LogP contribution in [0.4, 0.5) is 11.4 Å². The molecule has 3 atom stereocenters. The summed E-state index contributed by atoms with van der Waals surface area (Å²) in [5.41, 5.74) is 12.8. The van der Waals surface area contributed by atoms with Crippen LogP contribution in [0.5, 0.6) is 5.75 Å². The second kappa shape index (κ2) is 15.7. The Kier molecular flexibility index (Phi) is 10.1. The van der Waals surface area contributed by atoms with Crippen LogP contribution in [0, 0.1) is 26.7 Å². The molecular formula is C50H55N7OS. The van der Waals surface area contributed by atoms with Gasteiger partial charge >= 0.3 is 0 Å². The number of anilines is 2. The van der Waals surface area contributed by atoms with Gasteiger partial charge in [-0.15, -0.1) is 21.5 Å². The van der Waals surface area contributed by atoms with Gasteiger partial charge < -0.3 is 14.9 Å². The van der Waals surface area contributed by atoms with Crippen LogP contribution in [0.2, 0.25) is 0 Å².